The van der Waals surface area contributed by atoms with Crippen LogP contribution in [0.1, 0.15) is 19.3 Å². The number of primary amides is 1. The van der Waals surface area contributed by atoms with E-state index in [2.05, 4.69) is 4.90 Å². The van der Waals surface area contributed by atoms with E-state index in [0.29, 0.717) is 6.54 Å². The molecule has 2 saturated heterocycles. The Balaban J connectivity index is 1.74. The summed E-state index contributed by atoms with van der Waals surface area (Å²) in [5.41, 5.74) is 7.33. The highest BCUT2D eigenvalue weighted by Crippen LogP contribution is 2.28. The predicted molar refractivity (Wildman–Crippen MR) is 77.5 cm³/mol. The van der Waals surface area contributed by atoms with Gasteiger partial charge in [0.25, 0.3) is 0 Å². The first kappa shape index (κ1) is 13.0. The van der Waals surface area contributed by atoms with E-state index in [9.17, 15) is 9.59 Å². The van der Waals surface area contributed by atoms with E-state index in [1.54, 1.807) is 4.90 Å². The molecule has 5 nitrogen and oxygen atoms in total. The van der Waals surface area contributed by atoms with Crippen molar-refractivity contribution in [3.05, 3.63) is 24.3 Å². The third-order valence-corrected chi connectivity index (χ3v) is 4.16. The molecule has 1 aromatic carbocycles. The fraction of sp³-hybridized carbons (Fsp3) is 0.467. The Bertz CT molecular complexity index is 520. The number of nitrogens with two attached hydrogens (primary N) is 1. The fourth-order valence-corrected chi connectivity index (χ4v) is 2.97. The highest BCUT2D eigenvalue weighted by Gasteiger charge is 2.33. The summed E-state index contributed by atoms with van der Waals surface area (Å²) in [7, 11) is 0. The van der Waals surface area contributed by atoms with Crippen molar-refractivity contribution in [3.8, 4) is 0 Å². The Morgan fingerprint density at radius 1 is 1.10 bits per heavy atom. The number of hydrogen-bond acceptors (Lipinski definition) is 3. The van der Waals surface area contributed by atoms with Crippen LogP contribution in [0, 0.1) is 5.92 Å². The maximum atomic E-state index is 11.9. The number of benzene rings is 1. The van der Waals surface area contributed by atoms with Crippen molar-refractivity contribution in [2.75, 3.05) is 29.4 Å². The predicted octanol–water partition coefficient (Wildman–Crippen LogP) is 1.12. The molecule has 106 valence electrons. The van der Waals surface area contributed by atoms with Gasteiger partial charge in [0, 0.05) is 37.4 Å². The molecule has 2 amide bonds. The Kier molecular flexibility index (Phi) is 3.34. The van der Waals surface area contributed by atoms with E-state index in [-0.39, 0.29) is 18.2 Å². The number of rotatable bonds is 3. The molecule has 1 atom stereocenters. The maximum Gasteiger partial charge on any atom is 0.227 e. The number of anilines is 2. The zero-order valence-corrected chi connectivity index (χ0v) is 11.4. The summed E-state index contributed by atoms with van der Waals surface area (Å²) in [5.74, 6) is -0.780. The minimum atomic E-state index is -0.394. The summed E-state index contributed by atoms with van der Waals surface area (Å²) >= 11 is 0. The Labute approximate surface area is 118 Å². The summed E-state index contributed by atoms with van der Waals surface area (Å²) in [6.45, 7) is 2.61. The molecule has 2 aliphatic heterocycles. The molecule has 0 unspecified atom stereocenters. The smallest absolute Gasteiger partial charge is 0.227 e. The first-order valence-corrected chi connectivity index (χ1v) is 7.10. The zero-order chi connectivity index (χ0) is 14.1. The van der Waals surface area contributed by atoms with Crippen molar-refractivity contribution in [1.82, 2.24) is 0 Å². The molecule has 3 rings (SSSR count). The highest BCUT2D eigenvalue weighted by molar-refractivity contribution is 6.00. The van der Waals surface area contributed by atoms with Crippen molar-refractivity contribution in [2.24, 2.45) is 11.7 Å². The van der Waals surface area contributed by atoms with E-state index >= 15 is 0 Å². The van der Waals surface area contributed by atoms with E-state index in [1.807, 2.05) is 24.3 Å². The van der Waals surface area contributed by atoms with Crippen molar-refractivity contribution in [3.63, 3.8) is 0 Å². The molecular weight excluding hydrogens is 254 g/mol. The Morgan fingerprint density at radius 2 is 1.70 bits per heavy atom. The lowest BCUT2D eigenvalue weighted by molar-refractivity contribution is -0.123. The number of nitrogens with zero attached hydrogens (tertiary/aromatic N) is 2. The minimum Gasteiger partial charge on any atom is -0.372 e. The van der Waals surface area contributed by atoms with Crippen LogP contribution in [0.25, 0.3) is 0 Å². The summed E-state index contributed by atoms with van der Waals surface area (Å²) in [4.78, 5) is 27.1. The van der Waals surface area contributed by atoms with E-state index < -0.39 is 5.91 Å². The quantitative estimate of drug-likeness (QED) is 0.897. The van der Waals surface area contributed by atoms with Crippen LogP contribution in [-0.2, 0) is 9.59 Å². The van der Waals surface area contributed by atoms with Crippen LogP contribution in [-0.4, -0.2) is 31.4 Å². The van der Waals surface area contributed by atoms with Gasteiger partial charge in [-0.2, -0.15) is 0 Å². The first-order valence-electron chi connectivity index (χ1n) is 7.10. The molecule has 20 heavy (non-hydrogen) atoms. The molecule has 5 heteroatoms. The van der Waals surface area contributed by atoms with Crippen LogP contribution in [0.4, 0.5) is 11.4 Å². The number of amides is 2. The highest BCUT2D eigenvalue weighted by atomic mass is 16.2. The van der Waals surface area contributed by atoms with Crippen LogP contribution in [0.3, 0.4) is 0 Å². The molecule has 1 aromatic rings. The Morgan fingerprint density at radius 3 is 2.25 bits per heavy atom. The second-order valence-corrected chi connectivity index (χ2v) is 5.52. The lowest BCUT2D eigenvalue weighted by Crippen LogP contribution is -2.28. The molecule has 2 N–H and O–H groups in total. The van der Waals surface area contributed by atoms with Gasteiger partial charge in [0.1, 0.15) is 0 Å². The van der Waals surface area contributed by atoms with Gasteiger partial charge in [-0.15, -0.1) is 0 Å². The van der Waals surface area contributed by atoms with Crippen LogP contribution in [0.2, 0.25) is 0 Å². The third-order valence-electron chi connectivity index (χ3n) is 4.16. The minimum absolute atomic E-state index is 0.0253. The van der Waals surface area contributed by atoms with Crippen LogP contribution in [0.15, 0.2) is 24.3 Å². The third kappa shape index (κ3) is 2.35. The van der Waals surface area contributed by atoms with E-state index in [0.717, 1.165) is 18.8 Å². The molecule has 0 saturated carbocycles. The molecule has 0 spiro atoms. The summed E-state index contributed by atoms with van der Waals surface area (Å²) < 4.78 is 0. The molecule has 2 fully saturated rings. The number of carbonyl (C=O) groups excluding carboxylic acids is 2. The van der Waals surface area contributed by atoms with Crippen molar-refractivity contribution in [1.29, 1.82) is 0 Å². The fourth-order valence-electron chi connectivity index (χ4n) is 2.97. The normalized spacial score (nSPS) is 22.6. The molecule has 0 aliphatic carbocycles. The van der Waals surface area contributed by atoms with E-state index in [1.165, 1.54) is 18.5 Å². The molecule has 2 heterocycles. The number of carbonyl (C=O) groups is 2. The number of hydrogen-bond donors (Lipinski definition) is 1. The van der Waals surface area contributed by atoms with Gasteiger partial charge in [0.15, 0.2) is 0 Å². The van der Waals surface area contributed by atoms with Gasteiger partial charge < -0.3 is 15.5 Å². The molecule has 0 radical (unpaired) electrons. The molecular formula is C15H19N3O2. The van der Waals surface area contributed by atoms with Gasteiger partial charge in [-0.05, 0) is 37.1 Å². The van der Waals surface area contributed by atoms with Gasteiger partial charge >= 0.3 is 0 Å². The van der Waals surface area contributed by atoms with Gasteiger partial charge in [-0.1, -0.05) is 0 Å². The first-order chi connectivity index (χ1) is 9.65. The lowest BCUT2D eigenvalue weighted by atomic mass is 10.1. The summed E-state index contributed by atoms with van der Waals surface area (Å²) in [5, 5.41) is 0. The second kappa shape index (κ2) is 5.15. The van der Waals surface area contributed by atoms with Crippen molar-refractivity contribution in [2.45, 2.75) is 19.3 Å². The van der Waals surface area contributed by atoms with Crippen LogP contribution >= 0.6 is 0 Å². The lowest BCUT2D eigenvalue weighted by Gasteiger charge is -2.20. The van der Waals surface area contributed by atoms with Gasteiger partial charge in [0.05, 0.1) is 5.92 Å². The van der Waals surface area contributed by atoms with Gasteiger partial charge in [-0.3, -0.25) is 9.59 Å². The average molecular weight is 273 g/mol. The standard InChI is InChI=1S/C15H19N3O2/c16-15(20)11-9-14(19)18(10-11)13-5-3-12(4-6-13)17-7-1-2-8-17/h3-6,11H,1-2,7-10H2,(H2,16,20)/t11-/m0/s1. The van der Waals surface area contributed by atoms with Gasteiger partial charge in [-0.25, -0.2) is 0 Å². The monoisotopic (exact) mass is 273 g/mol. The summed E-state index contributed by atoms with van der Waals surface area (Å²) in [6, 6.07) is 8.00. The van der Waals surface area contributed by atoms with Crippen molar-refractivity contribution >= 4 is 23.2 Å². The van der Waals surface area contributed by atoms with Crippen LogP contribution in [0.5, 0.6) is 0 Å². The maximum absolute atomic E-state index is 11.9. The zero-order valence-electron chi connectivity index (χ0n) is 11.4. The second-order valence-electron chi connectivity index (χ2n) is 5.52. The SMILES string of the molecule is NC(=O)[C@H]1CC(=O)N(c2ccc(N3CCCC3)cc2)C1. The van der Waals surface area contributed by atoms with E-state index in [4.69, 9.17) is 5.73 Å². The Hall–Kier alpha value is -2.04. The van der Waals surface area contributed by atoms with Gasteiger partial charge in [0.2, 0.25) is 11.8 Å². The summed E-state index contributed by atoms with van der Waals surface area (Å²) in [6.07, 6.45) is 2.71. The molecule has 0 bridgehead atoms. The molecule has 0 aromatic heterocycles. The van der Waals surface area contributed by atoms with Crippen molar-refractivity contribution < 1.29 is 9.59 Å². The molecule has 2 aliphatic rings. The largest absolute Gasteiger partial charge is 0.372 e. The topological polar surface area (TPSA) is 66.6 Å². The average Bonchev–Trinajstić information content (AvgIpc) is 3.08. The van der Waals surface area contributed by atoms with Crippen LogP contribution < -0.4 is 15.5 Å².